The molecule has 0 aromatic rings. The van der Waals surface area contributed by atoms with Crippen LogP contribution in [0.4, 0.5) is 0 Å². The van der Waals surface area contributed by atoms with Crippen LogP contribution >= 0.6 is 7.82 Å². The van der Waals surface area contributed by atoms with Gasteiger partial charge in [-0.15, -0.1) is 0 Å². The second-order valence-corrected chi connectivity index (χ2v) is 16.3. The molecule has 320 valence electrons. The predicted molar refractivity (Wildman–Crippen MR) is 229 cm³/mol. The number of ether oxygens (including phenoxy) is 2. The molecule has 0 fully saturated rings. The molecule has 2 atom stereocenters. The molecule has 0 saturated heterocycles. The van der Waals surface area contributed by atoms with Crippen LogP contribution in [0.25, 0.3) is 0 Å². The monoisotopic (exact) mass is 796 g/mol. The van der Waals surface area contributed by atoms with E-state index < -0.39 is 32.5 Å². The second kappa shape index (κ2) is 40.2. The van der Waals surface area contributed by atoms with Crippen LogP contribution in [0.3, 0.4) is 0 Å². The first-order chi connectivity index (χ1) is 26.7. The Morgan fingerprint density at radius 3 is 1.53 bits per heavy atom. The molecule has 0 rings (SSSR count). The fraction of sp³-hybridized carbons (Fsp3) is 0.778. The Bertz CT molecular complexity index is 1060. The molecule has 1 N–H and O–H groups in total. The van der Waals surface area contributed by atoms with Crippen molar-refractivity contribution in [2.24, 2.45) is 0 Å². The maximum atomic E-state index is 12.6. The molecule has 10 heteroatoms. The summed E-state index contributed by atoms with van der Waals surface area (Å²) < 4.78 is 33.4. The number of rotatable bonds is 40. The van der Waals surface area contributed by atoms with Gasteiger partial charge in [0.15, 0.2) is 6.10 Å². The molecular weight excluding hydrogens is 713 g/mol. The Morgan fingerprint density at radius 1 is 0.564 bits per heavy atom. The van der Waals surface area contributed by atoms with Crippen molar-refractivity contribution in [1.82, 2.24) is 4.90 Å². The van der Waals surface area contributed by atoms with Crippen molar-refractivity contribution in [3.05, 3.63) is 48.6 Å². The molecule has 0 spiro atoms. The lowest BCUT2D eigenvalue weighted by molar-refractivity contribution is -0.161. The highest BCUT2D eigenvalue weighted by Gasteiger charge is 2.26. The van der Waals surface area contributed by atoms with Crippen molar-refractivity contribution in [1.29, 1.82) is 0 Å². The van der Waals surface area contributed by atoms with Gasteiger partial charge in [0.1, 0.15) is 6.61 Å². The molecule has 0 amide bonds. The molecule has 55 heavy (non-hydrogen) atoms. The van der Waals surface area contributed by atoms with Gasteiger partial charge in [0.2, 0.25) is 0 Å². The van der Waals surface area contributed by atoms with Crippen LogP contribution < -0.4 is 0 Å². The normalized spacial score (nSPS) is 13.9. The van der Waals surface area contributed by atoms with Gasteiger partial charge in [0.05, 0.1) is 13.2 Å². The number of phosphoric acid groups is 1. The average Bonchev–Trinajstić information content (AvgIpc) is 3.15. The molecular formula is C45H82NO8P. The van der Waals surface area contributed by atoms with Crippen molar-refractivity contribution in [3.63, 3.8) is 0 Å². The van der Waals surface area contributed by atoms with Crippen molar-refractivity contribution in [2.45, 2.75) is 187 Å². The fourth-order valence-electron chi connectivity index (χ4n) is 5.70. The summed E-state index contributed by atoms with van der Waals surface area (Å²) in [6, 6.07) is 0. The van der Waals surface area contributed by atoms with Crippen molar-refractivity contribution in [3.8, 4) is 0 Å². The minimum atomic E-state index is -4.37. The van der Waals surface area contributed by atoms with Crippen LogP contribution in [-0.4, -0.2) is 68.3 Å². The Morgan fingerprint density at radius 2 is 1.00 bits per heavy atom. The summed E-state index contributed by atoms with van der Waals surface area (Å²) in [5.74, 6) is -0.874. The first-order valence-electron chi connectivity index (χ1n) is 21.9. The Hall–Kier alpha value is -2.03. The van der Waals surface area contributed by atoms with E-state index in [0.717, 1.165) is 57.8 Å². The van der Waals surface area contributed by atoms with Gasteiger partial charge in [-0.25, -0.2) is 4.57 Å². The number of hydrogen-bond acceptors (Lipinski definition) is 8. The Kier molecular flexibility index (Phi) is 38.7. The highest BCUT2D eigenvalue weighted by molar-refractivity contribution is 7.47. The van der Waals surface area contributed by atoms with Gasteiger partial charge < -0.3 is 19.3 Å². The van der Waals surface area contributed by atoms with Crippen molar-refractivity contribution in [2.75, 3.05) is 40.5 Å². The molecule has 9 nitrogen and oxygen atoms in total. The molecule has 2 unspecified atom stereocenters. The number of likely N-dealkylation sites (N-methyl/N-ethyl adjacent to an activating group) is 1. The van der Waals surface area contributed by atoms with E-state index in [1.807, 2.05) is 19.0 Å². The summed E-state index contributed by atoms with van der Waals surface area (Å²) in [6.07, 6.45) is 44.5. The zero-order valence-corrected chi connectivity index (χ0v) is 36.5. The second-order valence-electron chi connectivity index (χ2n) is 14.9. The number of nitrogens with zero attached hydrogens (tertiary/aromatic N) is 1. The molecule has 0 bridgehead atoms. The van der Waals surface area contributed by atoms with Gasteiger partial charge in [-0.3, -0.25) is 18.6 Å². The Labute approximate surface area is 337 Å². The van der Waals surface area contributed by atoms with E-state index in [1.54, 1.807) is 0 Å². The molecule has 0 aliphatic heterocycles. The van der Waals surface area contributed by atoms with E-state index in [1.165, 1.54) is 83.5 Å². The summed E-state index contributed by atoms with van der Waals surface area (Å²) in [4.78, 5) is 37.0. The predicted octanol–water partition coefficient (Wildman–Crippen LogP) is 12.5. The standard InChI is InChI=1S/C45H82NO8P/c1-5-7-9-11-13-15-17-19-21-22-24-25-27-29-31-33-35-37-44(47)51-41-43(42-53-55(49,50)52-40-39-46(3)4)54-45(48)38-36-34-32-30-28-26-23-20-18-16-14-12-10-8-6-2/h19-21,23-25,29,31,43H,5-18,22,26-28,30,32-42H2,1-4H3,(H,49,50)/b21-19-,23-20-,25-24-,31-29-. The third-order valence-corrected chi connectivity index (χ3v) is 10.1. The first-order valence-corrected chi connectivity index (χ1v) is 23.4. The van der Waals surface area contributed by atoms with Gasteiger partial charge >= 0.3 is 19.8 Å². The minimum absolute atomic E-state index is 0.00284. The minimum Gasteiger partial charge on any atom is -0.462 e. The number of carbonyl (C=O) groups is 2. The molecule has 0 aromatic carbocycles. The van der Waals surface area contributed by atoms with Gasteiger partial charge in [0, 0.05) is 19.4 Å². The van der Waals surface area contributed by atoms with Gasteiger partial charge in [-0.05, 0) is 84.7 Å². The lowest BCUT2D eigenvalue weighted by Crippen LogP contribution is -2.29. The van der Waals surface area contributed by atoms with Crippen LogP contribution in [0.1, 0.15) is 181 Å². The highest BCUT2D eigenvalue weighted by atomic mass is 31.2. The van der Waals surface area contributed by atoms with Gasteiger partial charge in [0.25, 0.3) is 0 Å². The first kappa shape index (κ1) is 53.0. The molecule has 0 aliphatic rings. The topological polar surface area (TPSA) is 112 Å². The number of hydrogen-bond donors (Lipinski definition) is 1. The third kappa shape index (κ3) is 41.4. The maximum absolute atomic E-state index is 12.6. The molecule has 0 heterocycles. The molecule has 0 aromatic heterocycles. The van der Waals surface area contributed by atoms with Crippen molar-refractivity contribution < 1.29 is 37.6 Å². The zero-order chi connectivity index (χ0) is 40.5. The summed E-state index contributed by atoms with van der Waals surface area (Å²) in [6.45, 7) is 4.24. The number of allylic oxidation sites excluding steroid dienone is 8. The van der Waals surface area contributed by atoms with Crippen LogP contribution in [0.5, 0.6) is 0 Å². The summed E-state index contributed by atoms with van der Waals surface area (Å²) in [7, 11) is -0.738. The lowest BCUT2D eigenvalue weighted by atomic mass is 10.1. The van der Waals surface area contributed by atoms with Crippen LogP contribution in [0.2, 0.25) is 0 Å². The van der Waals surface area contributed by atoms with E-state index in [2.05, 4.69) is 62.5 Å². The molecule has 0 radical (unpaired) electrons. The summed E-state index contributed by atoms with van der Waals surface area (Å²) >= 11 is 0. The highest BCUT2D eigenvalue weighted by Crippen LogP contribution is 2.43. The smallest absolute Gasteiger partial charge is 0.462 e. The Balaban J connectivity index is 4.39. The number of unbranched alkanes of at least 4 members (excludes halogenated alkanes) is 18. The zero-order valence-electron chi connectivity index (χ0n) is 35.6. The lowest BCUT2D eigenvalue weighted by Gasteiger charge is -2.20. The van der Waals surface area contributed by atoms with E-state index in [-0.39, 0.29) is 26.1 Å². The maximum Gasteiger partial charge on any atom is 0.472 e. The summed E-state index contributed by atoms with van der Waals surface area (Å²) in [5, 5.41) is 0. The number of carbonyl (C=O) groups excluding carboxylic acids is 2. The SMILES string of the molecule is CCCCCCCC/C=C\C/C=C\C/C=C\CCCC(=O)OCC(COP(=O)(O)OCCN(C)C)OC(=O)CCCCCCC/C=C\CCCCCCCC. The summed E-state index contributed by atoms with van der Waals surface area (Å²) in [5.41, 5.74) is 0. The van der Waals surface area contributed by atoms with Crippen molar-refractivity contribution >= 4 is 19.8 Å². The number of phosphoric ester groups is 1. The largest absolute Gasteiger partial charge is 0.472 e. The fourth-order valence-corrected chi connectivity index (χ4v) is 6.44. The van der Waals surface area contributed by atoms with Gasteiger partial charge in [-0.2, -0.15) is 0 Å². The molecule has 0 aliphatic carbocycles. The average molecular weight is 796 g/mol. The molecule has 0 saturated carbocycles. The van der Waals surface area contributed by atoms with Crippen LogP contribution in [0.15, 0.2) is 48.6 Å². The van der Waals surface area contributed by atoms with Crippen LogP contribution in [0, 0.1) is 0 Å². The van der Waals surface area contributed by atoms with E-state index in [0.29, 0.717) is 19.4 Å². The number of esters is 2. The quantitative estimate of drug-likeness (QED) is 0.0280. The van der Waals surface area contributed by atoms with Crippen LogP contribution in [-0.2, 0) is 32.7 Å². The van der Waals surface area contributed by atoms with E-state index >= 15 is 0 Å². The van der Waals surface area contributed by atoms with E-state index in [4.69, 9.17) is 18.5 Å². The third-order valence-electron chi connectivity index (χ3n) is 9.11. The van der Waals surface area contributed by atoms with E-state index in [9.17, 15) is 19.0 Å². The van der Waals surface area contributed by atoms with Gasteiger partial charge in [-0.1, -0.05) is 146 Å².